The topological polar surface area (TPSA) is 12.9 Å². The van der Waals surface area contributed by atoms with Crippen LogP contribution in [-0.4, -0.2) is 4.98 Å². The van der Waals surface area contributed by atoms with E-state index in [1.165, 1.54) is 66.0 Å². The van der Waals surface area contributed by atoms with Crippen molar-refractivity contribution >= 4 is 42.3 Å². The maximum atomic E-state index is 4.92. The Labute approximate surface area is 194 Å². The number of rotatable bonds is 1. The molecule has 1 nitrogen and oxygen atoms in total. The Hall–Kier alpha value is -2.71. The summed E-state index contributed by atoms with van der Waals surface area (Å²) in [6.45, 7) is 11.8. The molecule has 0 amide bonds. The molecule has 160 valence electrons. The summed E-state index contributed by atoms with van der Waals surface area (Å²) in [5.74, 6) is 0. The van der Waals surface area contributed by atoms with E-state index in [1.54, 1.807) is 0 Å². The average Bonchev–Trinajstić information content (AvgIpc) is 3.15. The maximum Gasteiger partial charge on any atom is 0.0886 e. The largest absolute Gasteiger partial charge is 0.255 e. The van der Waals surface area contributed by atoms with Gasteiger partial charge in [0.15, 0.2) is 0 Å². The van der Waals surface area contributed by atoms with E-state index in [2.05, 4.69) is 89.2 Å². The monoisotopic (exact) mass is 435 g/mol. The summed E-state index contributed by atoms with van der Waals surface area (Å²) in [4.78, 5) is 4.92. The van der Waals surface area contributed by atoms with Crippen LogP contribution < -0.4 is 0 Å². The normalized spacial score (nSPS) is 17.2. The van der Waals surface area contributed by atoms with E-state index in [0.717, 1.165) is 5.69 Å². The summed E-state index contributed by atoms with van der Waals surface area (Å²) in [5.41, 5.74) is 7.15. The molecule has 0 bridgehead atoms. The number of nitrogens with zero attached hydrogens (tertiary/aromatic N) is 1. The Kier molecular flexibility index (Phi) is 4.14. The van der Waals surface area contributed by atoms with Crippen molar-refractivity contribution in [2.45, 2.75) is 58.3 Å². The van der Waals surface area contributed by atoms with E-state index < -0.39 is 0 Å². The third kappa shape index (κ3) is 2.79. The summed E-state index contributed by atoms with van der Waals surface area (Å²) >= 11 is 1.91. The van der Waals surface area contributed by atoms with Crippen LogP contribution in [-0.2, 0) is 10.8 Å². The molecule has 0 spiro atoms. The molecule has 2 heterocycles. The first-order valence-corrected chi connectivity index (χ1v) is 12.4. The molecule has 5 aromatic rings. The number of hydrogen-bond acceptors (Lipinski definition) is 2. The number of fused-ring (bicyclic) bond motifs is 5. The van der Waals surface area contributed by atoms with Gasteiger partial charge in [0.1, 0.15) is 0 Å². The molecule has 3 aromatic carbocycles. The molecule has 2 aromatic heterocycles. The molecule has 1 aliphatic carbocycles. The van der Waals surface area contributed by atoms with Gasteiger partial charge in [-0.3, -0.25) is 4.98 Å². The van der Waals surface area contributed by atoms with Gasteiger partial charge in [-0.05, 0) is 76.3 Å². The molecule has 0 saturated carbocycles. The van der Waals surface area contributed by atoms with Crippen molar-refractivity contribution in [1.29, 1.82) is 0 Å². The van der Waals surface area contributed by atoms with Gasteiger partial charge >= 0.3 is 0 Å². The minimum atomic E-state index is 0.219. The SMILES string of the molecule is Cc1ccc(-c2nccc3c2sc2cc4c(cc23)C(C)(C)CCC4(C)C)c2ccccc12. The second-order valence-corrected chi connectivity index (χ2v) is 11.8. The zero-order valence-electron chi connectivity index (χ0n) is 19.5. The van der Waals surface area contributed by atoms with Gasteiger partial charge in [0.25, 0.3) is 0 Å². The van der Waals surface area contributed by atoms with E-state index in [0.29, 0.717) is 0 Å². The lowest BCUT2D eigenvalue weighted by Crippen LogP contribution is -2.33. The summed E-state index contributed by atoms with van der Waals surface area (Å²) in [6, 6.07) is 20.4. The average molecular weight is 436 g/mol. The Morgan fingerprint density at radius 3 is 2.19 bits per heavy atom. The number of aryl methyl sites for hydroxylation is 1. The Morgan fingerprint density at radius 2 is 1.44 bits per heavy atom. The predicted molar refractivity (Wildman–Crippen MR) is 140 cm³/mol. The number of pyridine rings is 1. The lowest BCUT2D eigenvalue weighted by atomic mass is 9.63. The highest BCUT2D eigenvalue weighted by atomic mass is 32.1. The van der Waals surface area contributed by atoms with E-state index >= 15 is 0 Å². The molecule has 32 heavy (non-hydrogen) atoms. The van der Waals surface area contributed by atoms with Gasteiger partial charge in [-0.2, -0.15) is 0 Å². The fourth-order valence-corrected chi connectivity index (χ4v) is 6.83. The molecule has 0 N–H and O–H groups in total. The Balaban J connectivity index is 1.68. The fraction of sp³-hybridized carbons (Fsp3) is 0.300. The standard InChI is InChI=1S/C30H29NS/c1-18-10-11-21(20-9-7-6-8-19(18)20)27-28-22(12-15-31-27)23-16-24-25(17-26(23)32-28)30(4,5)14-13-29(24,2)3/h6-12,15-17H,13-14H2,1-5H3. The highest BCUT2D eigenvalue weighted by Crippen LogP contribution is 2.49. The first-order chi connectivity index (χ1) is 15.3. The molecule has 0 aliphatic heterocycles. The zero-order valence-corrected chi connectivity index (χ0v) is 20.4. The smallest absolute Gasteiger partial charge is 0.0886 e. The summed E-state index contributed by atoms with van der Waals surface area (Å²) in [5, 5.41) is 5.31. The van der Waals surface area contributed by atoms with Gasteiger partial charge in [0.05, 0.1) is 10.4 Å². The van der Waals surface area contributed by atoms with Crippen LogP contribution in [0.3, 0.4) is 0 Å². The quantitative estimate of drug-likeness (QED) is 0.256. The molecule has 6 rings (SSSR count). The summed E-state index contributed by atoms with van der Waals surface area (Å²) < 4.78 is 2.68. The third-order valence-corrected chi connectivity index (χ3v) is 8.93. The van der Waals surface area contributed by atoms with Crippen molar-refractivity contribution in [1.82, 2.24) is 4.98 Å². The zero-order chi connectivity index (χ0) is 22.3. The van der Waals surface area contributed by atoms with Crippen molar-refractivity contribution < 1.29 is 0 Å². The van der Waals surface area contributed by atoms with Crippen LogP contribution in [0.2, 0.25) is 0 Å². The van der Waals surface area contributed by atoms with Crippen LogP contribution in [0, 0.1) is 6.92 Å². The molecule has 2 heteroatoms. The van der Waals surface area contributed by atoms with Crippen molar-refractivity contribution in [2.75, 3.05) is 0 Å². The fourth-order valence-electron chi connectivity index (χ4n) is 5.61. The van der Waals surface area contributed by atoms with E-state index in [9.17, 15) is 0 Å². The lowest BCUT2D eigenvalue weighted by molar-refractivity contribution is 0.332. The number of aromatic nitrogens is 1. The van der Waals surface area contributed by atoms with Gasteiger partial charge in [0, 0.05) is 27.2 Å². The second kappa shape index (κ2) is 6.65. The van der Waals surface area contributed by atoms with Crippen LogP contribution >= 0.6 is 11.3 Å². The van der Waals surface area contributed by atoms with Crippen molar-refractivity contribution in [2.24, 2.45) is 0 Å². The van der Waals surface area contributed by atoms with Crippen molar-refractivity contribution in [3.8, 4) is 11.3 Å². The van der Waals surface area contributed by atoms with Gasteiger partial charge in [-0.15, -0.1) is 11.3 Å². The van der Waals surface area contributed by atoms with Gasteiger partial charge in [0.2, 0.25) is 0 Å². The lowest BCUT2D eigenvalue weighted by Gasteiger charge is -2.41. The van der Waals surface area contributed by atoms with Crippen LogP contribution in [0.25, 0.3) is 42.2 Å². The highest BCUT2D eigenvalue weighted by Gasteiger charge is 2.37. The summed E-state index contributed by atoms with van der Waals surface area (Å²) in [7, 11) is 0. The molecule has 1 aliphatic rings. The van der Waals surface area contributed by atoms with Crippen molar-refractivity contribution in [3.63, 3.8) is 0 Å². The molecular formula is C30H29NS. The number of hydrogen-bond donors (Lipinski definition) is 0. The summed E-state index contributed by atoms with van der Waals surface area (Å²) in [6.07, 6.45) is 4.47. The predicted octanol–water partition coefficient (Wildman–Crippen LogP) is 8.93. The van der Waals surface area contributed by atoms with Crippen LogP contribution in [0.5, 0.6) is 0 Å². The maximum absolute atomic E-state index is 4.92. The van der Waals surface area contributed by atoms with Crippen LogP contribution in [0.4, 0.5) is 0 Å². The Morgan fingerprint density at radius 1 is 0.750 bits per heavy atom. The molecule has 0 fully saturated rings. The third-order valence-electron chi connectivity index (χ3n) is 7.76. The first-order valence-electron chi connectivity index (χ1n) is 11.6. The molecule has 0 saturated heterocycles. The van der Waals surface area contributed by atoms with Gasteiger partial charge in [-0.25, -0.2) is 0 Å². The molecular weight excluding hydrogens is 406 g/mol. The number of benzene rings is 3. The minimum Gasteiger partial charge on any atom is -0.255 e. The van der Waals surface area contributed by atoms with Crippen LogP contribution in [0.15, 0.2) is 60.8 Å². The minimum absolute atomic E-state index is 0.219. The van der Waals surface area contributed by atoms with Crippen molar-refractivity contribution in [3.05, 3.63) is 77.5 Å². The van der Waals surface area contributed by atoms with Crippen LogP contribution in [0.1, 0.15) is 57.2 Å². The van der Waals surface area contributed by atoms with Gasteiger partial charge < -0.3 is 0 Å². The molecule has 0 unspecified atom stereocenters. The molecule has 0 radical (unpaired) electrons. The second-order valence-electron chi connectivity index (χ2n) is 10.8. The number of thiophene rings is 1. The van der Waals surface area contributed by atoms with Gasteiger partial charge in [-0.1, -0.05) is 64.1 Å². The first kappa shape index (κ1) is 19.9. The molecule has 0 atom stereocenters. The van der Waals surface area contributed by atoms with E-state index in [4.69, 9.17) is 4.98 Å². The highest BCUT2D eigenvalue weighted by molar-refractivity contribution is 7.26. The Bertz CT molecular complexity index is 1530. The van der Waals surface area contributed by atoms with E-state index in [1.807, 2.05) is 17.5 Å². The van der Waals surface area contributed by atoms with E-state index in [-0.39, 0.29) is 10.8 Å².